The van der Waals surface area contributed by atoms with E-state index in [0.717, 1.165) is 25.7 Å². The van der Waals surface area contributed by atoms with Crippen molar-refractivity contribution in [2.24, 2.45) is 0 Å². The van der Waals surface area contributed by atoms with E-state index in [9.17, 15) is 24.2 Å². The minimum atomic E-state index is -4.66. The Bertz CT molecular complexity index is 1160. The highest BCUT2D eigenvalue weighted by molar-refractivity contribution is 7.45. The van der Waals surface area contributed by atoms with Crippen molar-refractivity contribution in [1.29, 1.82) is 0 Å². The Kier molecular flexibility index (Phi) is 38.6. The van der Waals surface area contributed by atoms with E-state index in [1.165, 1.54) is 109 Å². The van der Waals surface area contributed by atoms with Gasteiger partial charge in [-0.2, -0.15) is 0 Å². The molecule has 0 amide bonds. The summed E-state index contributed by atoms with van der Waals surface area (Å²) in [5.41, 5.74) is 0. The van der Waals surface area contributed by atoms with Gasteiger partial charge in [0.15, 0.2) is 6.10 Å². The van der Waals surface area contributed by atoms with Gasteiger partial charge >= 0.3 is 11.9 Å². The predicted octanol–water partition coefficient (Wildman–Crippen LogP) is 11.8. The summed E-state index contributed by atoms with van der Waals surface area (Å²) in [6.45, 7) is 4.05. The van der Waals surface area contributed by atoms with Crippen molar-refractivity contribution in [2.45, 2.75) is 199 Å². The molecule has 11 heteroatoms. The number of hydrogen-bond acceptors (Lipinski definition) is 9. The number of hydrogen-bond donors (Lipinski definition) is 1. The first-order valence-corrected chi connectivity index (χ1v) is 24.9. The molecular weight excluding hydrogens is 766 g/mol. The summed E-state index contributed by atoms with van der Waals surface area (Å²) in [7, 11) is 1.09. The van der Waals surface area contributed by atoms with E-state index in [-0.39, 0.29) is 26.1 Å². The first kappa shape index (κ1) is 56.9. The number of aliphatic hydroxyl groups is 1. The maximum absolute atomic E-state index is 12.7. The van der Waals surface area contributed by atoms with E-state index < -0.39 is 38.6 Å². The Morgan fingerprint density at radius 2 is 1.15 bits per heavy atom. The van der Waals surface area contributed by atoms with Crippen molar-refractivity contribution in [2.75, 3.05) is 47.5 Å². The number of quaternary nitrogens is 1. The smallest absolute Gasteiger partial charge is 0.306 e. The molecule has 0 radical (unpaired) electrons. The van der Waals surface area contributed by atoms with Gasteiger partial charge in [-0.15, -0.1) is 0 Å². The lowest BCUT2D eigenvalue weighted by Gasteiger charge is -2.28. The number of phosphoric acid groups is 1. The molecule has 0 rings (SSSR count). The lowest BCUT2D eigenvalue weighted by Crippen LogP contribution is -2.37. The summed E-state index contributed by atoms with van der Waals surface area (Å²) in [5, 5.41) is 10.1. The molecular formula is C48H88NO9P. The fraction of sp³-hybridized carbons (Fsp3) is 0.792. The fourth-order valence-electron chi connectivity index (χ4n) is 6.20. The minimum absolute atomic E-state index is 0.0522. The van der Waals surface area contributed by atoms with Crippen LogP contribution in [0.25, 0.3) is 0 Å². The largest absolute Gasteiger partial charge is 0.756 e. The van der Waals surface area contributed by atoms with Crippen LogP contribution in [0.15, 0.2) is 48.6 Å². The quantitative estimate of drug-likeness (QED) is 0.0159. The van der Waals surface area contributed by atoms with Crippen molar-refractivity contribution in [3.8, 4) is 0 Å². The van der Waals surface area contributed by atoms with Crippen LogP contribution in [0.5, 0.6) is 0 Å². The Hall–Kier alpha value is -2.07. The molecule has 0 saturated heterocycles. The van der Waals surface area contributed by atoms with Gasteiger partial charge in [0, 0.05) is 12.8 Å². The molecule has 59 heavy (non-hydrogen) atoms. The van der Waals surface area contributed by atoms with E-state index in [0.29, 0.717) is 36.7 Å². The van der Waals surface area contributed by atoms with Crippen molar-refractivity contribution in [3.05, 3.63) is 48.6 Å². The van der Waals surface area contributed by atoms with Crippen LogP contribution in [-0.2, 0) is 32.7 Å². The van der Waals surface area contributed by atoms with Crippen LogP contribution < -0.4 is 4.89 Å². The van der Waals surface area contributed by atoms with E-state index in [1.807, 2.05) is 57.6 Å². The average Bonchev–Trinajstić information content (AvgIpc) is 3.18. The van der Waals surface area contributed by atoms with Crippen LogP contribution in [0, 0.1) is 0 Å². The number of unbranched alkanes of at least 4 members (excludes halogenated alkanes) is 20. The molecule has 0 aromatic rings. The Labute approximate surface area is 361 Å². The minimum Gasteiger partial charge on any atom is -0.756 e. The number of carbonyl (C=O) groups is 2. The molecule has 0 fully saturated rings. The summed E-state index contributed by atoms with van der Waals surface area (Å²) in [6, 6.07) is 0. The first-order valence-electron chi connectivity index (χ1n) is 23.5. The molecule has 1 N–H and O–H groups in total. The lowest BCUT2D eigenvalue weighted by atomic mass is 10.0. The van der Waals surface area contributed by atoms with Crippen LogP contribution in [-0.4, -0.2) is 81.2 Å². The summed E-state index contributed by atoms with van der Waals surface area (Å²) in [4.78, 5) is 37.6. The second-order valence-corrected chi connectivity index (χ2v) is 18.4. The third-order valence-corrected chi connectivity index (χ3v) is 10.9. The van der Waals surface area contributed by atoms with Gasteiger partial charge in [0.2, 0.25) is 0 Å². The molecule has 0 aromatic heterocycles. The summed E-state index contributed by atoms with van der Waals surface area (Å²) >= 11 is 0. The van der Waals surface area contributed by atoms with Crippen LogP contribution in [0.1, 0.15) is 187 Å². The topological polar surface area (TPSA) is 131 Å². The molecule has 0 aliphatic heterocycles. The van der Waals surface area contributed by atoms with Gasteiger partial charge in [0.1, 0.15) is 19.8 Å². The monoisotopic (exact) mass is 854 g/mol. The fourth-order valence-corrected chi connectivity index (χ4v) is 6.93. The summed E-state index contributed by atoms with van der Waals surface area (Å²) < 4.78 is 33.8. The Morgan fingerprint density at radius 3 is 1.75 bits per heavy atom. The van der Waals surface area contributed by atoms with Gasteiger partial charge in [-0.3, -0.25) is 14.2 Å². The highest BCUT2D eigenvalue weighted by Crippen LogP contribution is 2.38. The van der Waals surface area contributed by atoms with E-state index in [4.69, 9.17) is 18.5 Å². The standard InChI is InChI=1S/C48H88NO9P/c1-6-8-10-12-14-15-16-17-18-19-20-21-22-23-27-31-35-39-47(51)55-43-46(44-57-59(53,54)56-42-41-49(3,4)5)58-48(52)40-36-32-28-25-24-26-30-34-38-45(50)37-33-29-13-11-9-7-2/h25-26,28-30,33-34,38,45-46,50H,6-24,27,31-32,35-37,39-44H2,1-5H3/b28-25-,30-26-,33-29-,38-34+/t45-,46+/m0/s1. The number of phosphoric ester groups is 1. The van der Waals surface area contributed by atoms with Gasteiger partial charge in [0.05, 0.1) is 33.9 Å². The zero-order valence-electron chi connectivity index (χ0n) is 38.3. The average molecular weight is 854 g/mol. The molecule has 0 spiro atoms. The Morgan fingerprint density at radius 1 is 0.627 bits per heavy atom. The summed E-state index contributed by atoms with van der Waals surface area (Å²) in [6.07, 6.45) is 43.1. The zero-order valence-corrected chi connectivity index (χ0v) is 39.2. The van der Waals surface area contributed by atoms with Gasteiger partial charge in [-0.1, -0.05) is 178 Å². The number of ether oxygens (including phenoxy) is 2. The molecule has 1 unspecified atom stereocenters. The van der Waals surface area contributed by atoms with Crippen LogP contribution >= 0.6 is 7.82 Å². The highest BCUT2D eigenvalue weighted by Gasteiger charge is 2.21. The SMILES string of the molecule is CCCCC/C=C\C[C@H](O)/C=C/C=C\C/C=C\CCCC(=O)O[C@H](COC(=O)CCCCCCCCCCCCCCCCCCC)COP(=O)([O-])OCC[N+](C)(C)C. The molecule has 0 bridgehead atoms. The molecule has 0 aliphatic rings. The number of allylic oxidation sites excluding steroid dienone is 6. The van der Waals surface area contributed by atoms with Crippen LogP contribution in [0.2, 0.25) is 0 Å². The molecule has 0 aliphatic carbocycles. The predicted molar refractivity (Wildman–Crippen MR) is 242 cm³/mol. The third-order valence-electron chi connectivity index (χ3n) is 9.93. The van der Waals surface area contributed by atoms with E-state index >= 15 is 0 Å². The maximum Gasteiger partial charge on any atom is 0.306 e. The second kappa shape index (κ2) is 40.0. The Balaban J connectivity index is 4.46. The number of nitrogens with zero attached hydrogens (tertiary/aromatic N) is 1. The van der Waals surface area contributed by atoms with Crippen molar-refractivity contribution in [3.63, 3.8) is 0 Å². The molecule has 0 heterocycles. The zero-order chi connectivity index (χ0) is 43.7. The van der Waals surface area contributed by atoms with E-state index in [2.05, 4.69) is 19.9 Å². The first-order chi connectivity index (χ1) is 28.4. The lowest BCUT2D eigenvalue weighted by molar-refractivity contribution is -0.870. The molecule has 3 atom stereocenters. The third kappa shape index (κ3) is 43.8. The second-order valence-electron chi connectivity index (χ2n) is 17.0. The number of likely N-dealkylation sites (N-methyl/N-ethyl adjacent to an activating group) is 1. The normalized spacial score (nSPS) is 14.5. The number of aliphatic hydroxyl groups excluding tert-OH is 1. The van der Waals surface area contributed by atoms with E-state index in [1.54, 1.807) is 6.08 Å². The molecule has 344 valence electrons. The van der Waals surface area contributed by atoms with Crippen LogP contribution in [0.3, 0.4) is 0 Å². The van der Waals surface area contributed by atoms with Crippen molar-refractivity contribution < 1.29 is 47.2 Å². The number of esters is 2. The van der Waals surface area contributed by atoms with Crippen molar-refractivity contribution >= 4 is 19.8 Å². The highest BCUT2D eigenvalue weighted by atomic mass is 31.2. The van der Waals surface area contributed by atoms with Gasteiger partial charge in [-0.05, 0) is 44.9 Å². The maximum atomic E-state index is 12.7. The van der Waals surface area contributed by atoms with Gasteiger partial charge in [-0.25, -0.2) is 0 Å². The number of carbonyl (C=O) groups excluding carboxylic acids is 2. The molecule has 0 saturated carbocycles. The van der Waals surface area contributed by atoms with Gasteiger partial charge < -0.3 is 33.0 Å². The van der Waals surface area contributed by atoms with Crippen LogP contribution in [0.4, 0.5) is 0 Å². The molecule has 0 aromatic carbocycles. The van der Waals surface area contributed by atoms with Gasteiger partial charge in [0.25, 0.3) is 7.82 Å². The summed E-state index contributed by atoms with van der Waals surface area (Å²) in [5.74, 6) is -0.935. The number of rotatable bonds is 42. The van der Waals surface area contributed by atoms with Crippen molar-refractivity contribution in [1.82, 2.24) is 0 Å². The molecule has 10 nitrogen and oxygen atoms in total.